The molecule has 0 radical (unpaired) electrons. The molecule has 3 rings (SSSR count). The van der Waals surface area contributed by atoms with Gasteiger partial charge in [0.1, 0.15) is 6.61 Å². The second kappa shape index (κ2) is 10.1. The number of sulfonamides is 1. The van der Waals surface area contributed by atoms with Crippen molar-refractivity contribution in [3.05, 3.63) is 89.0 Å². The topological polar surface area (TPSA) is 77.0 Å². The number of rotatable bonds is 9. The molecule has 31 heavy (non-hydrogen) atoms. The normalized spacial score (nSPS) is 11.5. The van der Waals surface area contributed by atoms with Crippen LogP contribution in [0.1, 0.15) is 29.2 Å². The van der Waals surface area contributed by atoms with E-state index in [0.29, 0.717) is 30.3 Å². The fourth-order valence-corrected chi connectivity index (χ4v) is 3.57. The fourth-order valence-electron chi connectivity index (χ4n) is 2.78. The lowest BCUT2D eigenvalue weighted by atomic mass is 10.2. The highest BCUT2D eigenvalue weighted by Crippen LogP contribution is 2.29. The van der Waals surface area contributed by atoms with Crippen molar-refractivity contribution in [3.63, 3.8) is 0 Å². The van der Waals surface area contributed by atoms with Gasteiger partial charge in [0.05, 0.1) is 17.7 Å². The van der Waals surface area contributed by atoms with Crippen LogP contribution in [0.25, 0.3) is 0 Å². The minimum Gasteiger partial charge on any atom is -0.490 e. The largest absolute Gasteiger partial charge is 0.490 e. The number of aryl methyl sites for hydroxylation is 2. The molecule has 0 aliphatic rings. The molecule has 0 saturated heterocycles. The van der Waals surface area contributed by atoms with Gasteiger partial charge in [-0.15, -0.1) is 0 Å². The molecular weight excluding hydrogens is 412 g/mol. The molecule has 3 aromatic rings. The maximum Gasteiger partial charge on any atom is 0.276 e. The molecule has 0 spiro atoms. The molecular formula is C24H26N2O4S. The van der Waals surface area contributed by atoms with Crippen LogP contribution in [-0.2, 0) is 16.6 Å². The Kier molecular flexibility index (Phi) is 7.31. The van der Waals surface area contributed by atoms with Gasteiger partial charge in [-0.2, -0.15) is 13.5 Å². The second-order valence-electron chi connectivity index (χ2n) is 7.08. The summed E-state index contributed by atoms with van der Waals surface area (Å²) in [5.74, 6) is 1.18. The molecule has 3 aromatic carbocycles. The predicted molar refractivity (Wildman–Crippen MR) is 122 cm³/mol. The lowest BCUT2D eigenvalue weighted by Crippen LogP contribution is -2.18. The van der Waals surface area contributed by atoms with Crippen molar-refractivity contribution in [1.82, 2.24) is 4.83 Å². The average Bonchev–Trinajstić information content (AvgIpc) is 2.75. The van der Waals surface area contributed by atoms with E-state index in [1.165, 1.54) is 11.8 Å². The number of hydrazone groups is 1. The van der Waals surface area contributed by atoms with Gasteiger partial charge < -0.3 is 9.47 Å². The van der Waals surface area contributed by atoms with Crippen LogP contribution in [0.4, 0.5) is 0 Å². The van der Waals surface area contributed by atoms with E-state index in [-0.39, 0.29) is 4.90 Å². The fraction of sp³-hybridized carbons (Fsp3) is 0.208. The van der Waals surface area contributed by atoms with E-state index < -0.39 is 10.0 Å². The Bertz CT molecular complexity index is 1140. The van der Waals surface area contributed by atoms with E-state index in [0.717, 1.165) is 11.1 Å². The molecule has 0 saturated carbocycles. The summed E-state index contributed by atoms with van der Waals surface area (Å²) < 4.78 is 36.3. The smallest absolute Gasteiger partial charge is 0.276 e. The minimum atomic E-state index is -3.72. The molecule has 0 atom stereocenters. The van der Waals surface area contributed by atoms with E-state index >= 15 is 0 Å². The molecule has 0 aromatic heterocycles. The molecule has 0 unspecified atom stereocenters. The zero-order chi connectivity index (χ0) is 22.3. The highest BCUT2D eigenvalue weighted by Gasteiger charge is 2.12. The predicted octanol–water partition coefficient (Wildman–Crippen LogP) is 4.59. The highest BCUT2D eigenvalue weighted by atomic mass is 32.2. The Morgan fingerprint density at radius 3 is 2.16 bits per heavy atom. The highest BCUT2D eigenvalue weighted by molar-refractivity contribution is 7.89. The van der Waals surface area contributed by atoms with Gasteiger partial charge in [-0.25, -0.2) is 4.83 Å². The van der Waals surface area contributed by atoms with Gasteiger partial charge in [0.25, 0.3) is 10.0 Å². The molecule has 0 bridgehead atoms. The van der Waals surface area contributed by atoms with Gasteiger partial charge in [-0.05, 0) is 62.2 Å². The summed E-state index contributed by atoms with van der Waals surface area (Å²) in [7, 11) is -3.72. The lowest BCUT2D eigenvalue weighted by molar-refractivity contribution is 0.269. The third-order valence-electron chi connectivity index (χ3n) is 4.50. The number of benzene rings is 3. The molecule has 0 amide bonds. The lowest BCUT2D eigenvalue weighted by Gasteiger charge is -2.13. The van der Waals surface area contributed by atoms with Gasteiger partial charge in [0.15, 0.2) is 11.5 Å². The standard InChI is InChI=1S/C24H26N2O4S/c1-4-29-24-15-21(11-14-23(24)30-17-20-9-5-18(2)6-10-20)16-25-26-31(27,28)22-12-7-19(3)8-13-22/h5-16,26H,4,17H2,1-3H3/b25-16-. The monoisotopic (exact) mass is 438 g/mol. The minimum absolute atomic E-state index is 0.158. The summed E-state index contributed by atoms with van der Waals surface area (Å²) in [6.07, 6.45) is 1.43. The van der Waals surface area contributed by atoms with Crippen LogP contribution in [0.2, 0.25) is 0 Å². The van der Waals surface area contributed by atoms with Crippen molar-refractivity contribution in [3.8, 4) is 11.5 Å². The Morgan fingerprint density at radius 1 is 0.871 bits per heavy atom. The zero-order valence-corrected chi connectivity index (χ0v) is 18.6. The number of ether oxygens (including phenoxy) is 2. The molecule has 0 aliphatic heterocycles. The average molecular weight is 439 g/mol. The summed E-state index contributed by atoms with van der Waals surface area (Å²) in [4.78, 5) is 2.39. The Labute approximate surface area is 183 Å². The van der Waals surface area contributed by atoms with Gasteiger partial charge in [-0.3, -0.25) is 0 Å². The van der Waals surface area contributed by atoms with Crippen LogP contribution < -0.4 is 14.3 Å². The SMILES string of the molecule is CCOc1cc(/C=N\NS(=O)(=O)c2ccc(C)cc2)ccc1OCc1ccc(C)cc1. The molecule has 1 N–H and O–H groups in total. The Morgan fingerprint density at radius 2 is 1.52 bits per heavy atom. The summed E-state index contributed by atoms with van der Waals surface area (Å²) in [5.41, 5.74) is 3.91. The van der Waals surface area contributed by atoms with Crippen molar-refractivity contribution in [2.24, 2.45) is 5.10 Å². The quantitative estimate of drug-likeness (QED) is 0.391. The third kappa shape index (κ3) is 6.33. The van der Waals surface area contributed by atoms with E-state index in [1.807, 2.05) is 45.0 Å². The molecule has 7 heteroatoms. The van der Waals surface area contributed by atoms with Crippen molar-refractivity contribution in [1.29, 1.82) is 0 Å². The van der Waals surface area contributed by atoms with E-state index in [2.05, 4.69) is 9.93 Å². The first-order chi connectivity index (χ1) is 14.9. The second-order valence-corrected chi connectivity index (χ2v) is 8.74. The summed E-state index contributed by atoms with van der Waals surface area (Å²) in [6.45, 7) is 6.72. The Balaban J connectivity index is 1.69. The Hall–Kier alpha value is -3.32. The first-order valence-electron chi connectivity index (χ1n) is 9.94. The summed E-state index contributed by atoms with van der Waals surface area (Å²) in [6, 6.07) is 20.0. The van der Waals surface area contributed by atoms with Crippen LogP contribution in [-0.4, -0.2) is 21.2 Å². The number of hydrogen-bond donors (Lipinski definition) is 1. The van der Waals surface area contributed by atoms with Crippen LogP contribution in [0.5, 0.6) is 11.5 Å². The van der Waals surface area contributed by atoms with E-state index in [1.54, 1.807) is 42.5 Å². The van der Waals surface area contributed by atoms with E-state index in [4.69, 9.17) is 9.47 Å². The van der Waals surface area contributed by atoms with Crippen molar-refractivity contribution < 1.29 is 17.9 Å². The van der Waals surface area contributed by atoms with Crippen molar-refractivity contribution >= 4 is 16.2 Å². The zero-order valence-electron chi connectivity index (χ0n) is 17.8. The number of nitrogens with zero attached hydrogens (tertiary/aromatic N) is 1. The van der Waals surface area contributed by atoms with Gasteiger partial charge >= 0.3 is 0 Å². The van der Waals surface area contributed by atoms with Gasteiger partial charge in [0.2, 0.25) is 0 Å². The van der Waals surface area contributed by atoms with Gasteiger partial charge in [0, 0.05) is 0 Å². The molecule has 0 aliphatic carbocycles. The molecule has 6 nitrogen and oxygen atoms in total. The van der Waals surface area contributed by atoms with Crippen LogP contribution >= 0.6 is 0 Å². The van der Waals surface area contributed by atoms with Crippen LogP contribution in [0.3, 0.4) is 0 Å². The van der Waals surface area contributed by atoms with Crippen LogP contribution in [0, 0.1) is 13.8 Å². The van der Waals surface area contributed by atoms with Crippen LogP contribution in [0.15, 0.2) is 76.7 Å². The van der Waals surface area contributed by atoms with Crippen molar-refractivity contribution in [2.75, 3.05) is 6.61 Å². The summed E-state index contributed by atoms with van der Waals surface area (Å²) >= 11 is 0. The van der Waals surface area contributed by atoms with Crippen molar-refractivity contribution in [2.45, 2.75) is 32.3 Å². The molecule has 0 heterocycles. The first kappa shape index (κ1) is 22.4. The van der Waals surface area contributed by atoms with Gasteiger partial charge in [-0.1, -0.05) is 47.5 Å². The number of hydrogen-bond acceptors (Lipinski definition) is 5. The maximum atomic E-state index is 12.3. The molecule has 0 fully saturated rings. The maximum absolute atomic E-state index is 12.3. The number of nitrogens with one attached hydrogen (secondary N) is 1. The van der Waals surface area contributed by atoms with E-state index in [9.17, 15) is 8.42 Å². The summed E-state index contributed by atoms with van der Waals surface area (Å²) in [5, 5.41) is 3.89. The first-order valence-corrected chi connectivity index (χ1v) is 11.4. The third-order valence-corrected chi connectivity index (χ3v) is 5.74. The molecule has 162 valence electrons.